The third-order valence-electron chi connectivity index (χ3n) is 10.6. The molecular formula is C50H31NO2. The van der Waals surface area contributed by atoms with Crippen molar-refractivity contribution in [3.05, 3.63) is 188 Å². The van der Waals surface area contributed by atoms with Gasteiger partial charge in [0.1, 0.15) is 16.7 Å². The molecule has 0 bridgehead atoms. The molecule has 0 aliphatic heterocycles. The van der Waals surface area contributed by atoms with Gasteiger partial charge in [0, 0.05) is 32.9 Å². The fraction of sp³-hybridized carbons (Fsp3) is 0. The van der Waals surface area contributed by atoms with E-state index in [0.29, 0.717) is 0 Å². The van der Waals surface area contributed by atoms with E-state index >= 15 is 0 Å². The molecule has 0 saturated carbocycles. The molecule has 0 saturated heterocycles. The number of rotatable bonds is 5. The molecule has 0 spiro atoms. The van der Waals surface area contributed by atoms with Gasteiger partial charge in [-0.05, 0) is 104 Å². The maximum atomic E-state index is 6.66. The first-order chi connectivity index (χ1) is 26.3. The molecule has 0 amide bonds. The third kappa shape index (κ3) is 4.75. The molecule has 9 aromatic carbocycles. The first kappa shape index (κ1) is 29.6. The van der Waals surface area contributed by atoms with Crippen molar-refractivity contribution in [1.29, 1.82) is 0 Å². The Kier molecular flexibility index (Phi) is 6.55. The zero-order valence-electron chi connectivity index (χ0n) is 28.7. The molecule has 53 heavy (non-hydrogen) atoms. The van der Waals surface area contributed by atoms with Crippen LogP contribution in [0, 0.1) is 0 Å². The Labute approximate surface area is 305 Å². The van der Waals surface area contributed by atoms with Crippen molar-refractivity contribution < 1.29 is 8.83 Å². The van der Waals surface area contributed by atoms with Crippen LogP contribution in [0.2, 0.25) is 0 Å². The lowest BCUT2D eigenvalue weighted by Gasteiger charge is -2.26. The van der Waals surface area contributed by atoms with Crippen LogP contribution >= 0.6 is 0 Å². The van der Waals surface area contributed by atoms with Crippen molar-refractivity contribution in [2.45, 2.75) is 0 Å². The topological polar surface area (TPSA) is 29.5 Å². The van der Waals surface area contributed by atoms with Crippen LogP contribution in [0.4, 0.5) is 17.1 Å². The largest absolute Gasteiger partial charge is 0.456 e. The number of furan rings is 2. The van der Waals surface area contributed by atoms with Gasteiger partial charge >= 0.3 is 0 Å². The van der Waals surface area contributed by atoms with Gasteiger partial charge < -0.3 is 13.7 Å². The second-order valence-corrected chi connectivity index (χ2v) is 13.7. The zero-order chi connectivity index (χ0) is 34.9. The monoisotopic (exact) mass is 677 g/mol. The van der Waals surface area contributed by atoms with Crippen molar-refractivity contribution in [2.75, 3.05) is 4.90 Å². The molecule has 0 radical (unpaired) electrons. The van der Waals surface area contributed by atoms with Gasteiger partial charge in [0.15, 0.2) is 5.58 Å². The van der Waals surface area contributed by atoms with Gasteiger partial charge in [-0.25, -0.2) is 0 Å². The third-order valence-corrected chi connectivity index (χ3v) is 10.6. The van der Waals surface area contributed by atoms with Crippen LogP contribution < -0.4 is 4.90 Å². The highest BCUT2D eigenvalue weighted by Gasteiger charge is 2.21. The lowest BCUT2D eigenvalue weighted by atomic mass is 9.92. The number of para-hydroxylation sites is 3. The first-order valence-corrected chi connectivity index (χ1v) is 18.0. The summed E-state index contributed by atoms with van der Waals surface area (Å²) in [7, 11) is 0. The molecule has 0 N–H and O–H groups in total. The minimum absolute atomic E-state index is 0.857. The molecule has 11 aromatic rings. The number of hydrogen-bond donors (Lipinski definition) is 0. The van der Waals surface area contributed by atoms with Gasteiger partial charge in [-0.3, -0.25) is 0 Å². The number of hydrogen-bond acceptors (Lipinski definition) is 3. The second-order valence-electron chi connectivity index (χ2n) is 13.7. The summed E-state index contributed by atoms with van der Waals surface area (Å²) in [5, 5.41) is 9.13. The van der Waals surface area contributed by atoms with E-state index in [2.05, 4.69) is 169 Å². The molecule has 248 valence electrons. The molecule has 0 fully saturated rings. The smallest absolute Gasteiger partial charge is 0.159 e. The van der Waals surface area contributed by atoms with Crippen LogP contribution in [-0.4, -0.2) is 0 Å². The minimum atomic E-state index is 0.857. The van der Waals surface area contributed by atoms with Crippen LogP contribution in [0.25, 0.3) is 87.7 Å². The van der Waals surface area contributed by atoms with Crippen molar-refractivity contribution in [1.82, 2.24) is 0 Å². The van der Waals surface area contributed by atoms with E-state index in [0.717, 1.165) is 66.3 Å². The van der Waals surface area contributed by atoms with E-state index in [1.165, 1.54) is 38.4 Å². The van der Waals surface area contributed by atoms with Crippen LogP contribution in [0.1, 0.15) is 0 Å². The maximum Gasteiger partial charge on any atom is 0.159 e. The minimum Gasteiger partial charge on any atom is -0.456 e. The average molecular weight is 678 g/mol. The molecule has 0 aliphatic rings. The summed E-state index contributed by atoms with van der Waals surface area (Å²) in [5.74, 6) is 0. The average Bonchev–Trinajstić information content (AvgIpc) is 3.79. The predicted molar refractivity (Wildman–Crippen MR) is 222 cm³/mol. The number of nitrogens with zero attached hydrogens (tertiary/aromatic N) is 1. The standard InChI is InChI=1S/C50H31NO2/c1-3-12-32(13-4-1)33-22-24-36(25-23-33)51(46-19-11-18-41-39-16-7-10-21-48(39)53-50(41)46)37-26-27-38-42(34-14-5-2-6-15-34)28-35-29-49-45(31-43(35)44(38)30-37)40-17-8-9-20-47(40)52-49/h1-31H. The lowest BCUT2D eigenvalue weighted by molar-refractivity contribution is 0.669. The summed E-state index contributed by atoms with van der Waals surface area (Å²) in [4.78, 5) is 2.34. The molecule has 3 heteroatoms. The van der Waals surface area contributed by atoms with Gasteiger partial charge in [0.05, 0.1) is 5.69 Å². The fourth-order valence-corrected chi connectivity index (χ4v) is 8.13. The molecule has 2 heterocycles. The van der Waals surface area contributed by atoms with Gasteiger partial charge in [0.2, 0.25) is 0 Å². The normalized spacial score (nSPS) is 11.8. The Bertz CT molecular complexity index is 3160. The quantitative estimate of drug-likeness (QED) is 0.170. The van der Waals surface area contributed by atoms with Gasteiger partial charge in [-0.2, -0.15) is 0 Å². The van der Waals surface area contributed by atoms with E-state index in [4.69, 9.17) is 8.83 Å². The van der Waals surface area contributed by atoms with Crippen molar-refractivity contribution >= 4 is 82.5 Å². The fourth-order valence-electron chi connectivity index (χ4n) is 8.13. The summed E-state index contributed by atoms with van der Waals surface area (Å²) in [6.45, 7) is 0. The summed E-state index contributed by atoms with van der Waals surface area (Å²) >= 11 is 0. The molecule has 11 rings (SSSR count). The first-order valence-electron chi connectivity index (χ1n) is 18.0. The summed E-state index contributed by atoms with van der Waals surface area (Å²) in [6, 6.07) is 66.8. The Balaban J connectivity index is 1.20. The van der Waals surface area contributed by atoms with Gasteiger partial charge in [0.25, 0.3) is 0 Å². The zero-order valence-corrected chi connectivity index (χ0v) is 28.7. The van der Waals surface area contributed by atoms with Crippen molar-refractivity contribution in [2.24, 2.45) is 0 Å². The van der Waals surface area contributed by atoms with E-state index in [-0.39, 0.29) is 0 Å². The Morgan fingerprint density at radius 1 is 0.321 bits per heavy atom. The second kappa shape index (κ2) is 11.7. The highest BCUT2D eigenvalue weighted by Crippen LogP contribution is 2.45. The van der Waals surface area contributed by atoms with Crippen LogP contribution in [-0.2, 0) is 0 Å². The van der Waals surface area contributed by atoms with Crippen LogP contribution in [0.5, 0.6) is 0 Å². The summed E-state index contributed by atoms with van der Waals surface area (Å²) in [5.41, 5.74) is 11.3. The molecule has 0 unspecified atom stereocenters. The Morgan fingerprint density at radius 3 is 1.72 bits per heavy atom. The van der Waals surface area contributed by atoms with E-state index in [9.17, 15) is 0 Å². The lowest BCUT2D eigenvalue weighted by Crippen LogP contribution is -2.10. The number of anilines is 3. The summed E-state index contributed by atoms with van der Waals surface area (Å²) < 4.78 is 13.0. The van der Waals surface area contributed by atoms with Crippen molar-refractivity contribution in [3.8, 4) is 22.3 Å². The van der Waals surface area contributed by atoms with Crippen LogP contribution in [0.3, 0.4) is 0 Å². The summed E-state index contributed by atoms with van der Waals surface area (Å²) in [6.07, 6.45) is 0. The number of benzene rings is 9. The van der Waals surface area contributed by atoms with Crippen LogP contribution in [0.15, 0.2) is 197 Å². The SMILES string of the molecule is c1ccc(-c2ccc(N(c3ccc4c(-c5ccccc5)cc5cc6oc7ccccc7c6cc5c4c3)c3cccc4c3oc3ccccc34)cc2)cc1. The highest BCUT2D eigenvalue weighted by atomic mass is 16.3. The van der Waals surface area contributed by atoms with E-state index in [1.54, 1.807) is 0 Å². The predicted octanol–water partition coefficient (Wildman–Crippen LogP) is 14.6. The Hall–Kier alpha value is -7.10. The maximum absolute atomic E-state index is 6.66. The molecular weight excluding hydrogens is 647 g/mol. The molecule has 0 atom stereocenters. The number of fused-ring (bicyclic) bond motifs is 9. The molecule has 2 aromatic heterocycles. The van der Waals surface area contributed by atoms with Gasteiger partial charge in [-0.1, -0.05) is 127 Å². The molecule has 3 nitrogen and oxygen atoms in total. The molecule has 0 aliphatic carbocycles. The van der Waals surface area contributed by atoms with Gasteiger partial charge in [-0.15, -0.1) is 0 Å². The van der Waals surface area contributed by atoms with Crippen molar-refractivity contribution in [3.63, 3.8) is 0 Å². The highest BCUT2D eigenvalue weighted by molar-refractivity contribution is 6.20. The van der Waals surface area contributed by atoms with E-state index < -0.39 is 0 Å². The van der Waals surface area contributed by atoms with E-state index in [1.807, 2.05) is 24.3 Å². The Morgan fingerprint density at radius 2 is 0.943 bits per heavy atom.